The van der Waals surface area contributed by atoms with Crippen molar-refractivity contribution >= 4 is 17.3 Å². The van der Waals surface area contributed by atoms with E-state index in [1.54, 1.807) is 11.3 Å². The first kappa shape index (κ1) is 11.6. The average Bonchev–Trinajstić information content (AvgIpc) is 2.74. The smallest absolute Gasteiger partial charge is 0.326 e. The number of carbonyl (C=O) groups excluding carboxylic acids is 1. The lowest BCUT2D eigenvalue weighted by atomic mass is 9.69. The third-order valence-electron chi connectivity index (χ3n) is 3.15. The molecule has 1 N–H and O–H groups in total. The van der Waals surface area contributed by atoms with Gasteiger partial charge in [-0.1, -0.05) is 13.0 Å². The van der Waals surface area contributed by atoms with Crippen molar-refractivity contribution in [3.05, 3.63) is 22.4 Å². The Morgan fingerprint density at radius 3 is 2.94 bits per heavy atom. The average molecular weight is 239 g/mol. The molecule has 3 nitrogen and oxygen atoms in total. The number of carbonyl (C=O) groups is 1. The predicted molar refractivity (Wildman–Crippen MR) is 64.3 cm³/mol. The summed E-state index contributed by atoms with van der Waals surface area (Å²) in [6, 6.07) is 4.10. The summed E-state index contributed by atoms with van der Waals surface area (Å²) in [5.41, 5.74) is -0.432. The molecule has 0 aromatic carbocycles. The van der Waals surface area contributed by atoms with Crippen LogP contribution in [0.1, 0.15) is 24.6 Å². The molecule has 0 unspecified atom stereocenters. The number of rotatable bonds is 4. The van der Waals surface area contributed by atoms with Crippen LogP contribution in [0.3, 0.4) is 0 Å². The quantitative estimate of drug-likeness (QED) is 0.818. The monoisotopic (exact) mass is 239 g/mol. The molecule has 16 heavy (non-hydrogen) atoms. The second-order valence-corrected chi connectivity index (χ2v) is 5.55. The van der Waals surface area contributed by atoms with Gasteiger partial charge < -0.3 is 4.74 Å². The molecule has 0 saturated heterocycles. The number of nitrogens with one attached hydrogen (secondary N) is 1. The van der Waals surface area contributed by atoms with Crippen LogP contribution in [0.2, 0.25) is 0 Å². The number of hydrogen-bond donors (Lipinski definition) is 1. The van der Waals surface area contributed by atoms with Gasteiger partial charge >= 0.3 is 5.97 Å². The van der Waals surface area contributed by atoms with E-state index in [-0.39, 0.29) is 5.97 Å². The summed E-state index contributed by atoms with van der Waals surface area (Å²) in [5.74, 6) is 0.483. The van der Waals surface area contributed by atoms with Gasteiger partial charge in [-0.05, 0) is 30.2 Å². The van der Waals surface area contributed by atoms with Gasteiger partial charge in [0.25, 0.3) is 0 Å². The van der Waals surface area contributed by atoms with Crippen LogP contribution in [0.25, 0.3) is 0 Å². The highest BCUT2D eigenvalue weighted by Gasteiger charge is 2.48. The Morgan fingerprint density at radius 1 is 1.69 bits per heavy atom. The van der Waals surface area contributed by atoms with Gasteiger partial charge in [0, 0.05) is 11.4 Å². The van der Waals surface area contributed by atoms with E-state index in [1.807, 2.05) is 11.4 Å². The molecule has 0 radical (unpaired) electrons. The van der Waals surface area contributed by atoms with Crippen molar-refractivity contribution in [1.82, 2.24) is 5.32 Å². The predicted octanol–water partition coefficient (Wildman–Crippen LogP) is 2.18. The molecule has 1 heterocycles. The first-order valence-corrected chi connectivity index (χ1v) is 6.40. The molecule has 1 aliphatic carbocycles. The zero-order valence-electron chi connectivity index (χ0n) is 9.66. The summed E-state index contributed by atoms with van der Waals surface area (Å²) < 4.78 is 4.88. The second kappa shape index (κ2) is 4.55. The lowest BCUT2D eigenvalue weighted by molar-refractivity contribution is -0.155. The molecule has 88 valence electrons. The molecular formula is C12H17NO2S. The number of methoxy groups -OCH3 is 1. The van der Waals surface area contributed by atoms with E-state index in [1.165, 1.54) is 12.0 Å². The summed E-state index contributed by atoms with van der Waals surface area (Å²) in [6.45, 7) is 2.91. The Hall–Kier alpha value is -0.870. The zero-order chi connectivity index (χ0) is 11.6. The molecule has 0 aliphatic heterocycles. The molecule has 1 fully saturated rings. The van der Waals surface area contributed by atoms with Gasteiger partial charge in [-0.25, -0.2) is 0 Å². The summed E-state index contributed by atoms with van der Waals surface area (Å²) >= 11 is 1.70. The molecule has 1 aromatic heterocycles. The van der Waals surface area contributed by atoms with Gasteiger partial charge in [0.05, 0.1) is 7.11 Å². The van der Waals surface area contributed by atoms with Gasteiger partial charge in [0.1, 0.15) is 5.54 Å². The molecule has 0 bridgehead atoms. The maximum atomic E-state index is 11.7. The third kappa shape index (κ3) is 2.13. The van der Waals surface area contributed by atoms with Crippen molar-refractivity contribution < 1.29 is 9.53 Å². The van der Waals surface area contributed by atoms with Crippen LogP contribution < -0.4 is 5.32 Å². The first-order valence-electron chi connectivity index (χ1n) is 5.52. The molecule has 2 rings (SSSR count). The lowest BCUT2D eigenvalue weighted by Crippen LogP contribution is -2.60. The van der Waals surface area contributed by atoms with Crippen molar-refractivity contribution in [3.63, 3.8) is 0 Å². The van der Waals surface area contributed by atoms with Gasteiger partial charge in [-0.3, -0.25) is 10.1 Å². The normalized spacial score (nSPS) is 28.5. The summed E-state index contributed by atoms with van der Waals surface area (Å²) in [7, 11) is 1.46. The fraction of sp³-hybridized carbons (Fsp3) is 0.583. The molecule has 1 saturated carbocycles. The molecule has 0 amide bonds. The minimum absolute atomic E-state index is 0.123. The van der Waals surface area contributed by atoms with Gasteiger partial charge in [-0.2, -0.15) is 0 Å². The highest BCUT2D eigenvalue weighted by Crippen LogP contribution is 2.38. The molecule has 0 spiro atoms. The van der Waals surface area contributed by atoms with Crippen molar-refractivity contribution in [2.24, 2.45) is 5.92 Å². The van der Waals surface area contributed by atoms with Crippen LogP contribution in [0.5, 0.6) is 0 Å². The minimum atomic E-state index is -0.432. The summed E-state index contributed by atoms with van der Waals surface area (Å²) in [5, 5.41) is 5.40. The molecule has 4 heteroatoms. The van der Waals surface area contributed by atoms with E-state index in [2.05, 4.69) is 18.3 Å². The minimum Gasteiger partial charge on any atom is -0.468 e. The fourth-order valence-corrected chi connectivity index (χ4v) is 3.02. The van der Waals surface area contributed by atoms with Crippen LogP contribution >= 0.6 is 11.3 Å². The van der Waals surface area contributed by atoms with Crippen LogP contribution in [0, 0.1) is 5.92 Å². The van der Waals surface area contributed by atoms with E-state index in [0.717, 1.165) is 19.4 Å². The maximum Gasteiger partial charge on any atom is 0.326 e. The largest absolute Gasteiger partial charge is 0.468 e. The number of esters is 1. The molecule has 1 aliphatic rings. The summed E-state index contributed by atoms with van der Waals surface area (Å²) in [4.78, 5) is 13.0. The molecule has 1 aromatic rings. The van der Waals surface area contributed by atoms with E-state index >= 15 is 0 Å². The van der Waals surface area contributed by atoms with Crippen molar-refractivity contribution in [2.75, 3.05) is 7.11 Å². The molecular weight excluding hydrogens is 222 g/mol. The third-order valence-corrected chi connectivity index (χ3v) is 4.03. The van der Waals surface area contributed by atoms with Gasteiger partial charge in [-0.15, -0.1) is 11.3 Å². The first-order chi connectivity index (χ1) is 7.66. The Morgan fingerprint density at radius 2 is 2.44 bits per heavy atom. The number of ether oxygens (including phenoxy) is 1. The standard InChI is InChI=1S/C12H17NO2S/c1-9-6-12(7-9,11(14)15-2)13-8-10-4-3-5-16-10/h3-5,9,13H,6-8H2,1-2H3. The summed E-state index contributed by atoms with van der Waals surface area (Å²) in [6.07, 6.45) is 1.76. The zero-order valence-corrected chi connectivity index (χ0v) is 10.5. The van der Waals surface area contributed by atoms with Crippen LogP contribution in [0.4, 0.5) is 0 Å². The SMILES string of the molecule is COC(=O)C1(NCc2cccs2)CC(C)C1. The fourth-order valence-electron chi connectivity index (χ4n) is 2.38. The highest BCUT2D eigenvalue weighted by molar-refractivity contribution is 7.09. The Balaban J connectivity index is 1.96. The molecule has 0 atom stereocenters. The van der Waals surface area contributed by atoms with E-state index in [9.17, 15) is 4.79 Å². The maximum absolute atomic E-state index is 11.7. The number of hydrogen-bond acceptors (Lipinski definition) is 4. The Labute approximate surface area is 99.8 Å². The lowest BCUT2D eigenvalue weighted by Gasteiger charge is -2.44. The Bertz CT molecular complexity index is 355. The van der Waals surface area contributed by atoms with Crippen LogP contribution in [0.15, 0.2) is 17.5 Å². The second-order valence-electron chi connectivity index (χ2n) is 4.52. The van der Waals surface area contributed by atoms with Gasteiger partial charge in [0.2, 0.25) is 0 Å². The highest BCUT2D eigenvalue weighted by atomic mass is 32.1. The van der Waals surface area contributed by atoms with Crippen LogP contribution in [-0.2, 0) is 16.1 Å². The van der Waals surface area contributed by atoms with E-state index in [4.69, 9.17) is 4.74 Å². The topological polar surface area (TPSA) is 38.3 Å². The number of thiophene rings is 1. The van der Waals surface area contributed by atoms with Crippen molar-refractivity contribution in [1.29, 1.82) is 0 Å². The van der Waals surface area contributed by atoms with Crippen molar-refractivity contribution in [3.8, 4) is 0 Å². The van der Waals surface area contributed by atoms with Crippen molar-refractivity contribution in [2.45, 2.75) is 31.8 Å². The van der Waals surface area contributed by atoms with E-state index in [0.29, 0.717) is 5.92 Å². The van der Waals surface area contributed by atoms with Crippen LogP contribution in [-0.4, -0.2) is 18.6 Å². The Kier molecular flexibility index (Phi) is 3.30. The van der Waals surface area contributed by atoms with Gasteiger partial charge in [0.15, 0.2) is 0 Å². The van der Waals surface area contributed by atoms with E-state index < -0.39 is 5.54 Å².